The third-order valence-electron chi connectivity index (χ3n) is 8.57. The van der Waals surface area contributed by atoms with Crippen molar-refractivity contribution >= 4 is 0 Å². The van der Waals surface area contributed by atoms with Gasteiger partial charge < -0.3 is 5.11 Å². The van der Waals surface area contributed by atoms with Crippen LogP contribution in [0.4, 0.5) is 0 Å². The van der Waals surface area contributed by atoms with Crippen molar-refractivity contribution in [1.82, 2.24) is 0 Å². The Kier molecular flexibility index (Phi) is 3.22. The lowest BCUT2D eigenvalue weighted by Gasteiger charge is -2.58. The van der Waals surface area contributed by atoms with Gasteiger partial charge in [0.2, 0.25) is 0 Å². The van der Waals surface area contributed by atoms with Gasteiger partial charge in [0.25, 0.3) is 0 Å². The summed E-state index contributed by atoms with van der Waals surface area (Å²) in [6.45, 7) is 8.89. The molecule has 4 aliphatic carbocycles. The Bertz CT molecular complexity index is 520. The van der Waals surface area contributed by atoms with Crippen LogP contribution in [0.1, 0.15) is 71.6 Å². The van der Waals surface area contributed by atoms with Gasteiger partial charge >= 0.3 is 0 Å². The average Bonchev–Trinajstić information content (AvgIpc) is 2.79. The van der Waals surface area contributed by atoms with E-state index in [2.05, 4.69) is 26.5 Å². The molecule has 1 N–H and O–H groups in total. The first-order valence-corrected chi connectivity index (χ1v) is 9.50. The first kappa shape index (κ1) is 15.0. The Labute approximate surface area is 135 Å². The van der Waals surface area contributed by atoms with Gasteiger partial charge in [0.15, 0.2) is 0 Å². The molecule has 0 bridgehead atoms. The maximum absolute atomic E-state index is 11.1. The number of hydrogen-bond acceptors (Lipinski definition) is 1. The van der Waals surface area contributed by atoms with Crippen LogP contribution in [0, 0.1) is 28.6 Å². The van der Waals surface area contributed by atoms with E-state index in [9.17, 15) is 5.11 Å². The van der Waals surface area contributed by atoms with Crippen molar-refractivity contribution in [1.29, 1.82) is 0 Å². The van der Waals surface area contributed by atoms with Crippen LogP contribution in [0.5, 0.6) is 0 Å². The van der Waals surface area contributed by atoms with Crippen LogP contribution in [0.3, 0.4) is 0 Å². The summed E-state index contributed by atoms with van der Waals surface area (Å²) in [5.41, 5.74) is 1.68. The fourth-order valence-electron chi connectivity index (χ4n) is 7.08. The molecular weight excluding hydrogens is 268 g/mol. The molecule has 0 radical (unpaired) electrons. The topological polar surface area (TPSA) is 20.2 Å². The van der Waals surface area contributed by atoms with E-state index in [1.54, 1.807) is 5.57 Å². The summed E-state index contributed by atoms with van der Waals surface area (Å²) in [7, 11) is 0. The van der Waals surface area contributed by atoms with Crippen LogP contribution < -0.4 is 0 Å². The molecule has 3 saturated carbocycles. The minimum atomic E-state index is -0.625. The monoisotopic (exact) mass is 300 g/mol. The summed E-state index contributed by atoms with van der Waals surface area (Å²) in [4.78, 5) is 0. The van der Waals surface area contributed by atoms with Crippen molar-refractivity contribution in [2.24, 2.45) is 28.6 Å². The predicted molar refractivity (Wildman–Crippen MR) is 91.5 cm³/mol. The van der Waals surface area contributed by atoms with E-state index >= 15 is 0 Å². The highest BCUT2D eigenvalue weighted by Crippen LogP contribution is 2.67. The minimum absolute atomic E-state index is 0.0618. The highest BCUT2D eigenvalue weighted by Gasteiger charge is 2.62. The molecule has 0 spiro atoms. The average molecular weight is 300 g/mol. The van der Waals surface area contributed by atoms with Crippen molar-refractivity contribution in [3.05, 3.63) is 24.3 Å². The summed E-state index contributed by atoms with van der Waals surface area (Å²) in [6, 6.07) is 0. The third-order valence-corrected chi connectivity index (χ3v) is 8.57. The van der Waals surface area contributed by atoms with Crippen molar-refractivity contribution in [2.45, 2.75) is 77.2 Å². The van der Waals surface area contributed by atoms with Crippen molar-refractivity contribution in [3.63, 3.8) is 0 Å². The second-order valence-electron chi connectivity index (χ2n) is 9.09. The first-order chi connectivity index (χ1) is 10.4. The highest BCUT2D eigenvalue weighted by molar-refractivity contribution is 5.26. The van der Waals surface area contributed by atoms with E-state index in [0.717, 1.165) is 18.3 Å². The zero-order valence-electron chi connectivity index (χ0n) is 14.4. The lowest BCUT2D eigenvalue weighted by atomic mass is 9.47. The standard InChI is InChI=1S/C21H32O/c1-4-21(22)14-11-18-16-9-8-15-7-5-6-12-19(15,2)17(16)10-13-20(18,21)3/h4,8,16-18,22H,1,5-7,9-14H2,2-3H3/t16-,17-,18+,19+,20+,21?/m1/s1. The molecule has 22 heavy (non-hydrogen) atoms. The number of aliphatic hydroxyl groups is 1. The van der Waals surface area contributed by atoms with Gasteiger partial charge in [-0.15, -0.1) is 6.58 Å². The maximum atomic E-state index is 11.1. The zero-order valence-corrected chi connectivity index (χ0v) is 14.4. The Hall–Kier alpha value is -0.560. The molecule has 1 unspecified atom stereocenters. The lowest BCUT2D eigenvalue weighted by molar-refractivity contribution is -0.0984. The second kappa shape index (κ2) is 4.72. The van der Waals surface area contributed by atoms with Crippen molar-refractivity contribution in [2.75, 3.05) is 0 Å². The van der Waals surface area contributed by atoms with E-state index in [4.69, 9.17) is 0 Å². The molecular formula is C21H32O. The Morgan fingerprint density at radius 3 is 2.68 bits per heavy atom. The molecule has 0 heterocycles. The number of rotatable bonds is 1. The van der Waals surface area contributed by atoms with Gasteiger partial charge in [-0.2, -0.15) is 0 Å². The van der Waals surface area contributed by atoms with Gasteiger partial charge in [-0.05, 0) is 74.5 Å². The minimum Gasteiger partial charge on any atom is -0.385 e. The van der Waals surface area contributed by atoms with Crippen LogP contribution in [-0.2, 0) is 0 Å². The van der Waals surface area contributed by atoms with Gasteiger partial charge in [0, 0.05) is 5.41 Å². The first-order valence-electron chi connectivity index (χ1n) is 9.50. The fourth-order valence-corrected chi connectivity index (χ4v) is 7.08. The largest absolute Gasteiger partial charge is 0.385 e. The summed E-state index contributed by atoms with van der Waals surface area (Å²) in [5, 5.41) is 11.1. The molecule has 4 aliphatic rings. The highest BCUT2D eigenvalue weighted by atomic mass is 16.3. The maximum Gasteiger partial charge on any atom is 0.0881 e. The van der Waals surface area contributed by atoms with Crippen LogP contribution in [-0.4, -0.2) is 10.7 Å². The van der Waals surface area contributed by atoms with E-state index in [-0.39, 0.29) is 5.41 Å². The molecule has 0 aliphatic heterocycles. The summed E-state index contributed by atoms with van der Waals surface area (Å²) in [6.07, 6.45) is 15.9. The van der Waals surface area contributed by atoms with Gasteiger partial charge in [0.1, 0.15) is 0 Å². The van der Waals surface area contributed by atoms with Gasteiger partial charge in [-0.1, -0.05) is 38.0 Å². The number of allylic oxidation sites excluding steroid dienone is 2. The molecule has 3 fully saturated rings. The van der Waals surface area contributed by atoms with Crippen LogP contribution in [0.2, 0.25) is 0 Å². The molecule has 0 aromatic rings. The SMILES string of the molecule is C=CC1(O)CC[C@H]2[C@@H]3CC=C4CCCC[C@]4(C)[C@@H]3CC[C@@]21C. The van der Waals surface area contributed by atoms with Crippen molar-refractivity contribution in [3.8, 4) is 0 Å². The van der Waals surface area contributed by atoms with Crippen molar-refractivity contribution < 1.29 is 5.11 Å². The van der Waals surface area contributed by atoms with Gasteiger partial charge in [0.05, 0.1) is 5.60 Å². The summed E-state index contributed by atoms with van der Waals surface area (Å²) < 4.78 is 0. The Morgan fingerprint density at radius 2 is 1.91 bits per heavy atom. The van der Waals surface area contributed by atoms with Gasteiger partial charge in [-0.3, -0.25) is 0 Å². The third kappa shape index (κ3) is 1.70. The predicted octanol–water partition coefficient (Wildman–Crippen LogP) is 5.26. The molecule has 1 nitrogen and oxygen atoms in total. The van der Waals surface area contributed by atoms with Crippen LogP contribution >= 0.6 is 0 Å². The molecule has 122 valence electrons. The van der Waals surface area contributed by atoms with Gasteiger partial charge in [-0.25, -0.2) is 0 Å². The number of hydrogen-bond donors (Lipinski definition) is 1. The van der Waals surface area contributed by atoms with E-state index in [0.29, 0.717) is 11.3 Å². The Morgan fingerprint density at radius 1 is 1.14 bits per heavy atom. The Balaban J connectivity index is 1.71. The zero-order chi connectivity index (χ0) is 15.6. The molecule has 0 aromatic carbocycles. The molecule has 0 amide bonds. The lowest BCUT2D eigenvalue weighted by Crippen LogP contribution is -2.53. The van der Waals surface area contributed by atoms with Crippen LogP contribution in [0.15, 0.2) is 24.3 Å². The molecule has 4 rings (SSSR count). The quantitative estimate of drug-likeness (QED) is 0.655. The second-order valence-corrected chi connectivity index (χ2v) is 9.09. The van der Waals surface area contributed by atoms with E-state index in [1.165, 1.54) is 51.4 Å². The summed E-state index contributed by atoms with van der Waals surface area (Å²) >= 11 is 0. The fraction of sp³-hybridized carbons (Fsp3) is 0.810. The summed E-state index contributed by atoms with van der Waals surface area (Å²) in [5.74, 6) is 2.34. The normalized spacial score (nSPS) is 54.0. The molecule has 0 saturated heterocycles. The van der Waals surface area contributed by atoms with E-state index < -0.39 is 5.60 Å². The van der Waals surface area contributed by atoms with E-state index in [1.807, 2.05) is 6.08 Å². The smallest absolute Gasteiger partial charge is 0.0881 e. The molecule has 6 atom stereocenters. The van der Waals surface area contributed by atoms with Crippen LogP contribution in [0.25, 0.3) is 0 Å². The number of fused-ring (bicyclic) bond motifs is 5. The molecule has 0 aromatic heterocycles. The molecule has 1 heteroatoms.